The first-order valence-corrected chi connectivity index (χ1v) is 11.3. The number of ether oxygens (including phenoxy) is 1. The first kappa shape index (κ1) is 25.9. The minimum absolute atomic E-state index is 0. The van der Waals surface area contributed by atoms with Crippen molar-refractivity contribution in [1.82, 2.24) is 15.5 Å². The van der Waals surface area contributed by atoms with E-state index in [0.29, 0.717) is 13.2 Å². The van der Waals surface area contributed by atoms with Gasteiger partial charge in [-0.2, -0.15) is 0 Å². The molecule has 156 valence electrons. The van der Waals surface area contributed by atoms with Crippen LogP contribution in [0.5, 0.6) is 0 Å². The van der Waals surface area contributed by atoms with Crippen LogP contribution in [0.2, 0.25) is 0 Å². The molecule has 7 nitrogen and oxygen atoms in total. The lowest BCUT2D eigenvalue weighted by atomic mass is 9.99. The summed E-state index contributed by atoms with van der Waals surface area (Å²) in [4.78, 5) is 7.24. The van der Waals surface area contributed by atoms with Crippen molar-refractivity contribution in [2.75, 3.05) is 57.9 Å². The molecule has 0 aromatic heterocycles. The Morgan fingerprint density at radius 3 is 2.38 bits per heavy atom. The van der Waals surface area contributed by atoms with Crippen LogP contribution < -0.4 is 10.6 Å². The molecule has 1 heterocycles. The van der Waals surface area contributed by atoms with Crippen molar-refractivity contribution in [2.24, 2.45) is 4.99 Å². The molecule has 0 radical (unpaired) electrons. The number of rotatable bonds is 10. The maximum Gasteiger partial charge on any atom is 0.191 e. The molecule has 0 unspecified atom stereocenters. The minimum atomic E-state index is -2.96. The lowest BCUT2D eigenvalue weighted by Gasteiger charge is -2.40. The zero-order valence-corrected chi connectivity index (χ0v) is 19.9. The van der Waals surface area contributed by atoms with Gasteiger partial charge in [0.15, 0.2) is 5.96 Å². The molecule has 1 aliphatic rings. The van der Waals surface area contributed by atoms with E-state index in [2.05, 4.69) is 29.4 Å². The molecule has 0 saturated carbocycles. The van der Waals surface area contributed by atoms with Crippen molar-refractivity contribution in [3.8, 4) is 0 Å². The first-order chi connectivity index (χ1) is 11.7. The minimum Gasteiger partial charge on any atom is -0.379 e. The molecular formula is C17H37IN4O3S. The van der Waals surface area contributed by atoms with Gasteiger partial charge in [-0.25, -0.2) is 8.42 Å². The number of guanidine groups is 1. The largest absolute Gasteiger partial charge is 0.379 e. The van der Waals surface area contributed by atoms with Crippen LogP contribution in [0.4, 0.5) is 0 Å². The van der Waals surface area contributed by atoms with Crippen molar-refractivity contribution in [3.63, 3.8) is 0 Å². The lowest BCUT2D eigenvalue weighted by molar-refractivity contribution is 0.102. The molecule has 0 aromatic rings. The summed E-state index contributed by atoms with van der Waals surface area (Å²) in [6.07, 6.45) is 5.10. The fourth-order valence-electron chi connectivity index (χ4n) is 2.77. The number of aliphatic imine (C=N–C) groups is 1. The van der Waals surface area contributed by atoms with E-state index in [-0.39, 0.29) is 41.9 Å². The van der Waals surface area contributed by atoms with E-state index in [1.807, 2.05) is 6.92 Å². The second-order valence-corrected chi connectivity index (χ2v) is 9.48. The van der Waals surface area contributed by atoms with Gasteiger partial charge in [-0.3, -0.25) is 9.89 Å². The third kappa shape index (κ3) is 11.6. The second-order valence-electron chi connectivity index (χ2n) is 7.22. The number of nitrogens with one attached hydrogen (secondary N) is 2. The molecule has 1 rings (SSSR count). The predicted octanol–water partition coefficient (Wildman–Crippen LogP) is 1.49. The average molecular weight is 504 g/mol. The maximum absolute atomic E-state index is 11.0. The van der Waals surface area contributed by atoms with E-state index >= 15 is 0 Å². The number of sulfone groups is 1. The van der Waals surface area contributed by atoms with Crippen LogP contribution in [0.15, 0.2) is 4.99 Å². The molecule has 26 heavy (non-hydrogen) atoms. The molecule has 1 saturated heterocycles. The number of nitrogens with zero attached hydrogens (tertiary/aromatic N) is 2. The normalized spacial score (nSPS) is 16.8. The topological polar surface area (TPSA) is 83.0 Å². The second kappa shape index (κ2) is 13.1. The Balaban J connectivity index is 0.00000625. The van der Waals surface area contributed by atoms with Gasteiger partial charge in [-0.1, -0.05) is 6.42 Å². The van der Waals surface area contributed by atoms with Gasteiger partial charge in [0.1, 0.15) is 9.84 Å². The molecular weight excluding hydrogens is 467 g/mol. The quantitative estimate of drug-likeness (QED) is 0.203. The summed E-state index contributed by atoms with van der Waals surface area (Å²) in [5.74, 6) is 0.838. The molecule has 0 atom stereocenters. The number of halogens is 1. The highest BCUT2D eigenvalue weighted by Gasteiger charge is 2.27. The number of likely N-dealkylation sites (tertiary alicyclic amines) is 1. The van der Waals surface area contributed by atoms with E-state index in [0.717, 1.165) is 32.1 Å². The van der Waals surface area contributed by atoms with Gasteiger partial charge in [0.2, 0.25) is 0 Å². The monoisotopic (exact) mass is 504 g/mol. The lowest BCUT2D eigenvalue weighted by Crippen LogP contribution is -2.49. The third-order valence-corrected chi connectivity index (χ3v) is 5.23. The van der Waals surface area contributed by atoms with Crippen molar-refractivity contribution in [1.29, 1.82) is 0 Å². The van der Waals surface area contributed by atoms with Gasteiger partial charge < -0.3 is 15.4 Å². The summed E-state index contributed by atoms with van der Waals surface area (Å²) in [7, 11) is -2.96. The molecule has 2 N–H and O–H groups in total. The van der Waals surface area contributed by atoms with Crippen LogP contribution in [-0.2, 0) is 14.6 Å². The molecule has 9 heteroatoms. The fraction of sp³-hybridized carbons (Fsp3) is 0.941. The molecule has 0 spiro atoms. The SMILES string of the molecule is CCNC(=NCC(C)(C)N1CCCCC1)NCCOCCS(C)(=O)=O.I. The van der Waals surface area contributed by atoms with E-state index in [4.69, 9.17) is 9.73 Å². The smallest absolute Gasteiger partial charge is 0.191 e. The highest BCUT2D eigenvalue weighted by molar-refractivity contribution is 14.0. The van der Waals surface area contributed by atoms with Crippen molar-refractivity contribution in [2.45, 2.75) is 45.6 Å². The highest BCUT2D eigenvalue weighted by Crippen LogP contribution is 2.20. The predicted molar refractivity (Wildman–Crippen MR) is 119 cm³/mol. The Morgan fingerprint density at radius 2 is 1.81 bits per heavy atom. The number of piperidine rings is 1. The Labute approximate surface area is 176 Å². The van der Waals surface area contributed by atoms with Gasteiger partial charge >= 0.3 is 0 Å². The van der Waals surface area contributed by atoms with Gasteiger partial charge in [-0.05, 0) is 46.7 Å². The summed E-state index contributed by atoms with van der Waals surface area (Å²) < 4.78 is 27.4. The van der Waals surface area contributed by atoms with Crippen LogP contribution in [-0.4, -0.2) is 82.8 Å². The summed E-state index contributed by atoms with van der Waals surface area (Å²) in [5.41, 5.74) is 0.0504. The number of hydrogen-bond donors (Lipinski definition) is 2. The molecule has 0 aliphatic carbocycles. The summed E-state index contributed by atoms with van der Waals surface area (Å²) in [6.45, 7) is 11.7. The molecule has 0 bridgehead atoms. The van der Waals surface area contributed by atoms with Gasteiger partial charge in [0.05, 0.1) is 25.5 Å². The molecule has 0 amide bonds. The summed E-state index contributed by atoms with van der Waals surface area (Å²) in [5, 5.41) is 6.48. The molecule has 0 aromatic carbocycles. The van der Waals surface area contributed by atoms with Crippen molar-refractivity contribution in [3.05, 3.63) is 0 Å². The fourth-order valence-corrected chi connectivity index (χ4v) is 3.19. The first-order valence-electron chi connectivity index (χ1n) is 9.27. The molecule has 1 aliphatic heterocycles. The third-order valence-electron chi connectivity index (χ3n) is 4.32. The van der Waals surface area contributed by atoms with Crippen molar-refractivity contribution >= 4 is 39.8 Å². The summed E-state index contributed by atoms with van der Waals surface area (Å²) in [6, 6.07) is 0. The van der Waals surface area contributed by atoms with E-state index < -0.39 is 9.84 Å². The van der Waals surface area contributed by atoms with Crippen LogP contribution in [0.1, 0.15) is 40.0 Å². The van der Waals surface area contributed by atoms with Gasteiger partial charge in [0.25, 0.3) is 0 Å². The zero-order chi connectivity index (χ0) is 18.8. The maximum atomic E-state index is 11.0. The van der Waals surface area contributed by atoms with E-state index in [9.17, 15) is 8.42 Å². The molecule has 1 fully saturated rings. The summed E-state index contributed by atoms with van der Waals surface area (Å²) >= 11 is 0. The van der Waals surface area contributed by atoms with Crippen LogP contribution >= 0.6 is 24.0 Å². The van der Waals surface area contributed by atoms with E-state index in [1.165, 1.54) is 25.5 Å². The Morgan fingerprint density at radius 1 is 1.15 bits per heavy atom. The standard InChI is InChI=1S/C17H36N4O3S.HI/c1-5-18-16(19-9-12-24-13-14-25(4,22)23)20-15-17(2,3)21-10-7-6-8-11-21;/h5-15H2,1-4H3,(H2,18,19,20);1H. The number of hydrogen-bond acceptors (Lipinski definition) is 5. The highest BCUT2D eigenvalue weighted by atomic mass is 127. The van der Waals surface area contributed by atoms with E-state index in [1.54, 1.807) is 0 Å². The Hall–Kier alpha value is -0.130. The van der Waals surface area contributed by atoms with Gasteiger partial charge in [0, 0.05) is 24.9 Å². The van der Waals surface area contributed by atoms with Crippen LogP contribution in [0.25, 0.3) is 0 Å². The van der Waals surface area contributed by atoms with Crippen molar-refractivity contribution < 1.29 is 13.2 Å². The average Bonchev–Trinajstić information content (AvgIpc) is 2.55. The van der Waals surface area contributed by atoms with Gasteiger partial charge in [-0.15, -0.1) is 24.0 Å². The Kier molecular flexibility index (Phi) is 13.0. The van der Waals surface area contributed by atoms with Crippen LogP contribution in [0, 0.1) is 0 Å². The Bertz CT molecular complexity index is 506. The van der Waals surface area contributed by atoms with Crippen LogP contribution in [0.3, 0.4) is 0 Å². The zero-order valence-electron chi connectivity index (χ0n) is 16.7.